The number of carboxylic acid groups (broad SMARTS) is 1. The molecule has 0 aromatic heterocycles. The van der Waals surface area contributed by atoms with Crippen molar-refractivity contribution < 1.29 is 28.8 Å². The number of methoxy groups -OCH3 is 1. The third-order valence-corrected chi connectivity index (χ3v) is 6.57. The van der Waals surface area contributed by atoms with E-state index in [1.807, 2.05) is 55.5 Å². The highest BCUT2D eigenvalue weighted by Gasteiger charge is 2.39. The normalized spacial score (nSPS) is 21.4. The van der Waals surface area contributed by atoms with E-state index < -0.39 is 12.6 Å². The van der Waals surface area contributed by atoms with Crippen LogP contribution in [0.4, 0.5) is 0 Å². The van der Waals surface area contributed by atoms with Crippen LogP contribution in [-0.4, -0.2) is 30.9 Å². The summed E-state index contributed by atoms with van der Waals surface area (Å²) in [4.78, 5) is 11.2. The zero-order chi connectivity index (χ0) is 25.7. The van der Waals surface area contributed by atoms with E-state index in [4.69, 9.17) is 18.9 Å². The molecule has 6 nitrogen and oxygen atoms in total. The fourth-order valence-electron chi connectivity index (χ4n) is 4.75. The van der Waals surface area contributed by atoms with Gasteiger partial charge in [0.25, 0.3) is 0 Å². The second-order valence-electron chi connectivity index (χ2n) is 9.13. The average molecular weight is 489 g/mol. The summed E-state index contributed by atoms with van der Waals surface area (Å²) in [7, 11) is 1.66. The summed E-state index contributed by atoms with van der Waals surface area (Å²) in [6, 6.07) is 23.0. The van der Waals surface area contributed by atoms with E-state index in [2.05, 4.69) is 25.6 Å². The summed E-state index contributed by atoms with van der Waals surface area (Å²) in [5.41, 5.74) is 2.88. The summed E-state index contributed by atoms with van der Waals surface area (Å²) in [5, 5.41) is 9.21. The highest BCUT2D eigenvalue weighted by atomic mass is 16.5. The molecular formula is C30H32O6. The molecule has 1 N–H and O–H groups in total. The number of benzene rings is 3. The van der Waals surface area contributed by atoms with Gasteiger partial charge >= 0.3 is 5.97 Å². The molecule has 3 aromatic carbocycles. The molecule has 0 spiro atoms. The van der Waals surface area contributed by atoms with Gasteiger partial charge in [-0.05, 0) is 68.3 Å². The fourth-order valence-corrected chi connectivity index (χ4v) is 4.75. The summed E-state index contributed by atoms with van der Waals surface area (Å²) >= 11 is 0. The zero-order valence-corrected chi connectivity index (χ0v) is 20.8. The number of para-hydroxylation sites is 1. The molecule has 0 saturated carbocycles. The van der Waals surface area contributed by atoms with E-state index in [1.165, 1.54) is 0 Å². The van der Waals surface area contributed by atoms with E-state index >= 15 is 0 Å². The van der Waals surface area contributed by atoms with Gasteiger partial charge in [0.05, 0.1) is 19.3 Å². The average Bonchev–Trinajstić information content (AvgIpc) is 2.88. The van der Waals surface area contributed by atoms with Crippen molar-refractivity contribution in [2.24, 2.45) is 5.92 Å². The topological polar surface area (TPSA) is 74.2 Å². The van der Waals surface area contributed by atoms with Gasteiger partial charge in [0.1, 0.15) is 23.0 Å². The third-order valence-electron chi connectivity index (χ3n) is 6.57. The molecule has 1 saturated heterocycles. The highest BCUT2D eigenvalue weighted by molar-refractivity contribution is 5.68. The second-order valence-corrected chi connectivity index (χ2v) is 9.13. The van der Waals surface area contributed by atoms with Crippen LogP contribution in [-0.2, 0) is 9.53 Å². The van der Waals surface area contributed by atoms with Gasteiger partial charge in [-0.25, -0.2) is 4.79 Å². The minimum atomic E-state index is -1.04. The summed E-state index contributed by atoms with van der Waals surface area (Å²) < 4.78 is 23.8. The van der Waals surface area contributed by atoms with Crippen LogP contribution in [0.3, 0.4) is 0 Å². The van der Waals surface area contributed by atoms with Crippen molar-refractivity contribution in [2.45, 2.75) is 38.4 Å². The van der Waals surface area contributed by atoms with Crippen molar-refractivity contribution in [1.29, 1.82) is 0 Å². The SMILES string of the molecule is C=C(C)[C@H]1C[C@H](c2cccc(OC)c2)[C@H](C)O[C@@H]1c1cc(Oc2ccccc2)ccc1OCC(=O)O. The predicted molar refractivity (Wildman–Crippen MR) is 138 cm³/mol. The Kier molecular flexibility index (Phi) is 7.96. The van der Waals surface area contributed by atoms with Gasteiger partial charge in [0, 0.05) is 17.4 Å². The molecule has 1 heterocycles. The lowest BCUT2D eigenvalue weighted by atomic mass is 9.76. The van der Waals surface area contributed by atoms with Crippen LogP contribution >= 0.6 is 0 Å². The summed E-state index contributed by atoms with van der Waals surface area (Å²) in [6.45, 7) is 7.88. The Bertz CT molecular complexity index is 1210. The van der Waals surface area contributed by atoms with Crippen molar-refractivity contribution >= 4 is 5.97 Å². The Labute approximate surface area is 212 Å². The molecular weight excluding hydrogens is 456 g/mol. The molecule has 4 rings (SSSR count). The minimum Gasteiger partial charge on any atom is -0.497 e. The number of ether oxygens (including phenoxy) is 4. The van der Waals surface area contributed by atoms with Gasteiger partial charge in [-0.3, -0.25) is 0 Å². The molecule has 1 fully saturated rings. The van der Waals surface area contributed by atoms with E-state index in [-0.39, 0.29) is 24.0 Å². The molecule has 36 heavy (non-hydrogen) atoms. The number of carboxylic acids is 1. The van der Waals surface area contributed by atoms with Crippen LogP contribution in [0.25, 0.3) is 0 Å². The molecule has 0 unspecified atom stereocenters. The van der Waals surface area contributed by atoms with Crippen LogP contribution in [0.2, 0.25) is 0 Å². The van der Waals surface area contributed by atoms with Crippen molar-refractivity contribution in [3.8, 4) is 23.0 Å². The first-order chi connectivity index (χ1) is 17.4. The number of aliphatic carboxylic acids is 1. The Morgan fingerprint density at radius 1 is 1.03 bits per heavy atom. The maximum absolute atomic E-state index is 11.2. The van der Waals surface area contributed by atoms with Gasteiger partial charge in [-0.15, -0.1) is 0 Å². The number of rotatable bonds is 9. The van der Waals surface area contributed by atoms with Crippen molar-refractivity contribution in [1.82, 2.24) is 0 Å². The van der Waals surface area contributed by atoms with E-state index in [0.29, 0.717) is 17.2 Å². The molecule has 3 aromatic rings. The first-order valence-corrected chi connectivity index (χ1v) is 12.0. The number of hydrogen-bond donors (Lipinski definition) is 1. The van der Waals surface area contributed by atoms with E-state index in [0.717, 1.165) is 28.9 Å². The Hall–Kier alpha value is -3.77. The lowest BCUT2D eigenvalue weighted by molar-refractivity contribution is -0.139. The minimum absolute atomic E-state index is 0.0171. The zero-order valence-electron chi connectivity index (χ0n) is 20.8. The molecule has 4 atom stereocenters. The largest absolute Gasteiger partial charge is 0.497 e. The molecule has 1 aliphatic rings. The first kappa shape index (κ1) is 25.3. The quantitative estimate of drug-likeness (QED) is 0.335. The monoisotopic (exact) mass is 488 g/mol. The standard InChI is InChI=1S/C30H32O6/c1-19(2)25-17-26(21-9-8-12-23(15-21)33-4)20(3)35-30(25)27-16-24(36-22-10-6-5-7-11-22)13-14-28(27)34-18-29(31)32/h5-16,20,25-26,30H,1,17-18H2,2-4H3,(H,31,32)/t20-,25+,26-,30-/m0/s1. The van der Waals surface area contributed by atoms with Crippen LogP contribution in [0.1, 0.15) is 43.4 Å². The van der Waals surface area contributed by atoms with Crippen molar-refractivity contribution in [2.75, 3.05) is 13.7 Å². The van der Waals surface area contributed by atoms with Crippen molar-refractivity contribution in [3.63, 3.8) is 0 Å². The lowest BCUT2D eigenvalue weighted by Crippen LogP contribution is -2.34. The third kappa shape index (κ3) is 5.89. The van der Waals surface area contributed by atoms with Gasteiger partial charge in [0.15, 0.2) is 6.61 Å². The Morgan fingerprint density at radius 3 is 2.47 bits per heavy atom. The fraction of sp³-hybridized carbons (Fsp3) is 0.300. The predicted octanol–water partition coefficient (Wildman–Crippen LogP) is 6.78. The molecule has 0 amide bonds. The summed E-state index contributed by atoms with van der Waals surface area (Å²) in [5.74, 6) is 1.67. The van der Waals surface area contributed by atoms with Gasteiger partial charge in [0.2, 0.25) is 0 Å². The highest BCUT2D eigenvalue weighted by Crippen LogP contribution is 2.49. The molecule has 188 valence electrons. The van der Waals surface area contributed by atoms with E-state index in [9.17, 15) is 9.90 Å². The first-order valence-electron chi connectivity index (χ1n) is 12.0. The lowest BCUT2D eigenvalue weighted by Gasteiger charge is -2.42. The maximum atomic E-state index is 11.2. The Morgan fingerprint density at radius 2 is 1.78 bits per heavy atom. The molecule has 0 bridgehead atoms. The van der Waals surface area contributed by atoms with Crippen molar-refractivity contribution in [3.05, 3.63) is 96.1 Å². The smallest absolute Gasteiger partial charge is 0.341 e. The maximum Gasteiger partial charge on any atom is 0.341 e. The molecule has 1 aliphatic heterocycles. The molecule has 0 aliphatic carbocycles. The van der Waals surface area contributed by atoms with Crippen LogP contribution in [0.15, 0.2) is 84.9 Å². The number of hydrogen-bond acceptors (Lipinski definition) is 5. The molecule has 0 radical (unpaired) electrons. The number of carbonyl (C=O) groups is 1. The van der Waals surface area contributed by atoms with Crippen LogP contribution in [0.5, 0.6) is 23.0 Å². The van der Waals surface area contributed by atoms with E-state index in [1.54, 1.807) is 19.2 Å². The van der Waals surface area contributed by atoms with Gasteiger partial charge < -0.3 is 24.1 Å². The van der Waals surface area contributed by atoms with Gasteiger partial charge in [-0.1, -0.05) is 42.5 Å². The molecule has 6 heteroatoms. The van der Waals surface area contributed by atoms with Crippen LogP contribution in [0, 0.1) is 5.92 Å². The Balaban J connectivity index is 1.69. The second kappa shape index (κ2) is 11.3. The summed E-state index contributed by atoms with van der Waals surface area (Å²) in [6.07, 6.45) is 0.336. The van der Waals surface area contributed by atoms with Gasteiger partial charge in [-0.2, -0.15) is 0 Å². The van der Waals surface area contributed by atoms with Crippen LogP contribution < -0.4 is 14.2 Å².